The number of benzene rings is 2. The van der Waals surface area contributed by atoms with Crippen molar-refractivity contribution in [2.45, 2.75) is 24.4 Å². The predicted octanol–water partition coefficient (Wildman–Crippen LogP) is 4.26. The Morgan fingerprint density at radius 3 is 2.68 bits per heavy atom. The minimum absolute atomic E-state index is 0.0382. The third-order valence-electron chi connectivity index (χ3n) is 6.99. The number of fused-ring (bicyclic) bond motifs is 1. The van der Waals surface area contributed by atoms with Crippen molar-refractivity contribution >= 4 is 40.3 Å². The zero-order valence-corrected chi connectivity index (χ0v) is 23.1. The Labute approximate surface area is 227 Å². The van der Waals surface area contributed by atoms with Crippen molar-refractivity contribution in [2.75, 3.05) is 50.1 Å². The van der Waals surface area contributed by atoms with E-state index in [1.165, 1.54) is 5.56 Å². The van der Waals surface area contributed by atoms with Crippen LogP contribution in [0.2, 0.25) is 0 Å². The van der Waals surface area contributed by atoms with E-state index in [-0.39, 0.29) is 11.9 Å². The highest BCUT2D eigenvalue weighted by Gasteiger charge is 2.17. The second-order valence-electron chi connectivity index (χ2n) is 9.78. The van der Waals surface area contributed by atoms with Gasteiger partial charge >= 0.3 is 0 Å². The van der Waals surface area contributed by atoms with Gasteiger partial charge < -0.3 is 15.5 Å². The van der Waals surface area contributed by atoms with Gasteiger partial charge in [-0.3, -0.25) is 9.69 Å². The molecule has 0 unspecified atom stereocenters. The molecule has 10 heteroatoms. The fourth-order valence-corrected chi connectivity index (χ4v) is 5.28. The second-order valence-corrected chi connectivity index (χ2v) is 10.6. The van der Waals surface area contributed by atoms with E-state index in [9.17, 15) is 4.79 Å². The fraction of sp³-hybridized carbons (Fsp3) is 0.357. The third kappa shape index (κ3) is 5.98. The van der Waals surface area contributed by atoms with Crippen molar-refractivity contribution in [3.05, 3.63) is 71.5 Å². The maximum Gasteiger partial charge on any atom is 0.255 e. The maximum absolute atomic E-state index is 13.1. The minimum atomic E-state index is -0.114. The molecule has 0 bridgehead atoms. The van der Waals surface area contributed by atoms with Crippen LogP contribution in [0.25, 0.3) is 11.2 Å². The molecule has 2 aromatic heterocycles. The fourth-order valence-electron chi connectivity index (χ4n) is 4.64. The second kappa shape index (κ2) is 11.5. The largest absolute Gasteiger partial charge is 0.362 e. The monoisotopic (exact) mass is 530 g/mol. The summed E-state index contributed by atoms with van der Waals surface area (Å²) in [6.07, 6.45) is 5.48. The Morgan fingerprint density at radius 1 is 1.08 bits per heavy atom. The first-order valence-corrected chi connectivity index (χ1v) is 14.0. The van der Waals surface area contributed by atoms with E-state index in [2.05, 4.69) is 61.8 Å². The van der Waals surface area contributed by atoms with Crippen LogP contribution in [0, 0.1) is 0 Å². The average Bonchev–Trinajstić information content (AvgIpc) is 3.30. The first kappa shape index (κ1) is 26.1. The number of anilines is 2. The Balaban J connectivity index is 1.25. The number of amides is 1. The van der Waals surface area contributed by atoms with Gasteiger partial charge in [-0.05, 0) is 55.6 Å². The van der Waals surface area contributed by atoms with Crippen molar-refractivity contribution in [1.82, 2.24) is 29.5 Å². The summed E-state index contributed by atoms with van der Waals surface area (Å²) in [5.41, 5.74) is 5.19. The smallest absolute Gasteiger partial charge is 0.255 e. The van der Waals surface area contributed by atoms with Gasteiger partial charge in [0.1, 0.15) is 11.3 Å². The summed E-state index contributed by atoms with van der Waals surface area (Å²) in [7, 11) is 4.02. The number of hydrogen-bond donors (Lipinski definition) is 2. The van der Waals surface area contributed by atoms with Crippen LogP contribution in [-0.4, -0.2) is 74.9 Å². The Kier molecular flexibility index (Phi) is 7.92. The molecule has 1 saturated heterocycles. The van der Waals surface area contributed by atoms with Gasteiger partial charge in [0.05, 0.1) is 18.4 Å². The van der Waals surface area contributed by atoms with Gasteiger partial charge in [0.2, 0.25) is 0 Å². The molecular formula is C28H34N8OS. The quantitative estimate of drug-likeness (QED) is 0.327. The average molecular weight is 531 g/mol. The van der Waals surface area contributed by atoms with Crippen molar-refractivity contribution in [3.8, 4) is 0 Å². The lowest BCUT2D eigenvalue weighted by Crippen LogP contribution is -2.43. The highest BCUT2D eigenvalue weighted by Crippen LogP contribution is 2.26. The molecule has 1 amide bonds. The molecule has 0 radical (unpaired) electrons. The lowest BCUT2D eigenvalue weighted by Gasteiger charge is -2.32. The normalized spacial score (nSPS) is 15.5. The molecule has 0 saturated carbocycles. The van der Waals surface area contributed by atoms with Gasteiger partial charge in [-0.15, -0.1) is 11.8 Å². The zero-order chi connectivity index (χ0) is 26.6. The molecule has 9 nitrogen and oxygen atoms in total. The minimum Gasteiger partial charge on any atom is -0.362 e. The first-order chi connectivity index (χ1) is 18.4. The molecule has 3 heterocycles. The molecule has 0 aliphatic carbocycles. The van der Waals surface area contributed by atoms with Crippen LogP contribution in [0.4, 0.5) is 11.5 Å². The van der Waals surface area contributed by atoms with E-state index >= 15 is 0 Å². The number of nitrogens with zero attached hydrogens (tertiary/aromatic N) is 6. The number of thioether (sulfide) groups is 1. The van der Waals surface area contributed by atoms with Crippen LogP contribution in [0.3, 0.4) is 0 Å². The molecule has 1 atom stereocenters. The van der Waals surface area contributed by atoms with Gasteiger partial charge in [-0.25, -0.2) is 14.6 Å². The van der Waals surface area contributed by atoms with Crippen LogP contribution in [0.1, 0.15) is 34.5 Å². The van der Waals surface area contributed by atoms with E-state index in [4.69, 9.17) is 0 Å². The van der Waals surface area contributed by atoms with Gasteiger partial charge in [-0.1, -0.05) is 18.2 Å². The van der Waals surface area contributed by atoms with Crippen molar-refractivity contribution < 1.29 is 4.79 Å². The number of carbonyl (C=O) groups is 1. The van der Waals surface area contributed by atoms with Crippen LogP contribution >= 0.6 is 11.8 Å². The van der Waals surface area contributed by atoms with Crippen molar-refractivity contribution in [2.24, 2.45) is 7.05 Å². The number of hydrogen-bond acceptors (Lipinski definition) is 8. The molecule has 1 fully saturated rings. The van der Waals surface area contributed by atoms with E-state index in [1.54, 1.807) is 28.8 Å². The summed E-state index contributed by atoms with van der Waals surface area (Å²) in [4.78, 5) is 28.2. The molecule has 38 heavy (non-hydrogen) atoms. The van der Waals surface area contributed by atoms with E-state index in [1.807, 2.05) is 43.4 Å². The van der Waals surface area contributed by atoms with E-state index in [0.29, 0.717) is 11.4 Å². The highest BCUT2D eigenvalue weighted by molar-refractivity contribution is 7.98. The Bertz CT molecular complexity index is 1430. The summed E-state index contributed by atoms with van der Waals surface area (Å²) < 4.78 is 1.70. The maximum atomic E-state index is 13.1. The van der Waals surface area contributed by atoms with E-state index < -0.39 is 0 Å². The molecule has 2 N–H and O–H groups in total. The van der Waals surface area contributed by atoms with Gasteiger partial charge in [0.25, 0.3) is 5.91 Å². The van der Waals surface area contributed by atoms with Crippen LogP contribution in [-0.2, 0) is 13.6 Å². The number of likely N-dealkylation sites (N-methyl/N-ethyl adjacent to an activating group) is 1. The standard InChI is InChI=1S/C28H34N8OS/c1-19(31-26-17-29-24-16-30-35(3)27(24)33-26)20-6-5-7-23(14-20)32-28(37)21-8-9-22(25(15-21)38-4)18-36-12-10-34(2)11-13-36/h5-9,14-17,19H,10-13,18H2,1-4H3,(H,31,33)(H,32,37)/t19-/m0/s1. The first-order valence-electron chi connectivity index (χ1n) is 12.8. The molecule has 1 aliphatic heterocycles. The third-order valence-corrected chi connectivity index (χ3v) is 7.81. The highest BCUT2D eigenvalue weighted by atomic mass is 32.2. The number of nitrogens with one attached hydrogen (secondary N) is 2. The van der Waals surface area contributed by atoms with Gasteiger partial charge in [-0.2, -0.15) is 5.10 Å². The summed E-state index contributed by atoms with van der Waals surface area (Å²) in [5.74, 6) is 0.557. The van der Waals surface area contributed by atoms with Gasteiger partial charge in [0.15, 0.2) is 5.65 Å². The lowest BCUT2D eigenvalue weighted by atomic mass is 10.1. The molecule has 0 spiro atoms. The lowest BCUT2D eigenvalue weighted by molar-refractivity contribution is 0.102. The van der Waals surface area contributed by atoms with Crippen molar-refractivity contribution in [3.63, 3.8) is 0 Å². The molecular weight excluding hydrogens is 496 g/mol. The molecule has 198 valence electrons. The summed E-state index contributed by atoms with van der Waals surface area (Å²) in [6, 6.07) is 13.9. The number of aromatic nitrogens is 4. The number of carbonyl (C=O) groups excluding carboxylic acids is 1. The van der Waals surface area contributed by atoms with Crippen LogP contribution in [0.15, 0.2) is 59.8 Å². The molecule has 4 aromatic rings. The SMILES string of the molecule is CSc1cc(C(=O)Nc2cccc([C@H](C)Nc3cnc4cnn(C)c4n3)c2)ccc1CN1CCN(C)CC1. The summed E-state index contributed by atoms with van der Waals surface area (Å²) >= 11 is 1.69. The Hall–Kier alpha value is -3.47. The zero-order valence-electron chi connectivity index (χ0n) is 22.3. The Morgan fingerprint density at radius 2 is 1.89 bits per heavy atom. The van der Waals surface area contributed by atoms with Crippen LogP contribution in [0.5, 0.6) is 0 Å². The topological polar surface area (TPSA) is 91.2 Å². The summed E-state index contributed by atoms with van der Waals surface area (Å²) in [5, 5.41) is 10.7. The molecule has 1 aliphatic rings. The van der Waals surface area contributed by atoms with E-state index in [0.717, 1.165) is 60.0 Å². The summed E-state index contributed by atoms with van der Waals surface area (Å²) in [6.45, 7) is 7.29. The number of piperazine rings is 1. The predicted molar refractivity (Wildman–Crippen MR) is 154 cm³/mol. The number of rotatable bonds is 8. The number of aryl methyl sites for hydroxylation is 1. The van der Waals surface area contributed by atoms with Crippen molar-refractivity contribution in [1.29, 1.82) is 0 Å². The van der Waals surface area contributed by atoms with Gasteiger partial charge in [0, 0.05) is 55.9 Å². The van der Waals surface area contributed by atoms with Crippen LogP contribution < -0.4 is 10.6 Å². The molecule has 5 rings (SSSR count). The molecule has 2 aromatic carbocycles.